The Morgan fingerprint density at radius 1 is 0.630 bits per heavy atom. The Kier molecular flexibility index (Phi) is 25.3. The van der Waals surface area contributed by atoms with Crippen LogP contribution in [-0.2, 0) is 52.7 Å². The topological polar surface area (TPSA) is 285 Å². The number of aryl methyl sites for hydroxylation is 5. The summed E-state index contributed by atoms with van der Waals surface area (Å²) in [6.45, 7) is 11.9. The van der Waals surface area contributed by atoms with Crippen molar-refractivity contribution >= 4 is 29.5 Å². The monoisotopic (exact) mass is 1020 g/mol. The summed E-state index contributed by atoms with van der Waals surface area (Å²) in [5.74, 6) is -3.42. The molecule has 73 heavy (non-hydrogen) atoms. The third kappa shape index (κ3) is 19.4. The van der Waals surface area contributed by atoms with E-state index in [1.165, 1.54) is 38.5 Å². The molecule has 0 radical (unpaired) electrons. The molecule has 1 aliphatic heterocycles. The maximum atomic E-state index is 14.5. The third-order valence-electron chi connectivity index (χ3n) is 13.7. The zero-order chi connectivity index (χ0) is 53.6. The number of rotatable bonds is 31. The van der Waals surface area contributed by atoms with Crippen LogP contribution in [0.25, 0.3) is 0 Å². The van der Waals surface area contributed by atoms with Crippen molar-refractivity contribution in [2.75, 3.05) is 13.2 Å². The van der Waals surface area contributed by atoms with E-state index in [4.69, 9.17) is 20.9 Å². The number of hydrogen-bond donors (Lipinski definition) is 10. The van der Waals surface area contributed by atoms with Gasteiger partial charge in [-0.1, -0.05) is 113 Å². The molecule has 0 aliphatic carbocycles. The lowest BCUT2D eigenvalue weighted by Gasteiger charge is -2.39. The van der Waals surface area contributed by atoms with E-state index in [-0.39, 0.29) is 57.4 Å². The van der Waals surface area contributed by atoms with E-state index in [0.29, 0.717) is 6.42 Å². The van der Waals surface area contributed by atoms with E-state index in [1.54, 1.807) is 38.1 Å². The number of nitrogens with one attached hydrogen (secondary N) is 4. The number of carbonyl (C=O) groups is 5. The van der Waals surface area contributed by atoms with Gasteiger partial charge in [-0.25, -0.2) is 0 Å². The molecule has 4 rings (SSSR count). The van der Waals surface area contributed by atoms with Gasteiger partial charge in [-0.15, -0.1) is 0 Å². The minimum Gasteiger partial charge on any atom is -0.508 e. The van der Waals surface area contributed by atoms with E-state index in [0.717, 1.165) is 63.8 Å². The molecule has 17 heteroatoms. The summed E-state index contributed by atoms with van der Waals surface area (Å²) in [6.07, 6.45) is 4.18. The van der Waals surface area contributed by atoms with Crippen LogP contribution in [0.4, 0.5) is 0 Å². The first-order chi connectivity index (χ1) is 34.8. The van der Waals surface area contributed by atoms with Gasteiger partial charge in [0.1, 0.15) is 42.2 Å². The second-order valence-electron chi connectivity index (χ2n) is 20.0. The van der Waals surface area contributed by atoms with Gasteiger partial charge in [-0.05, 0) is 118 Å². The van der Waals surface area contributed by atoms with Crippen LogP contribution in [-0.4, -0.2) is 118 Å². The predicted molar refractivity (Wildman–Crippen MR) is 280 cm³/mol. The number of carbonyl (C=O) groups excluding carboxylic acids is 5. The number of primary amides is 1. The molecule has 0 unspecified atom stereocenters. The summed E-state index contributed by atoms with van der Waals surface area (Å²) >= 11 is 0. The van der Waals surface area contributed by atoms with E-state index >= 15 is 0 Å². The quantitative estimate of drug-likeness (QED) is 0.0405. The number of phenols is 1. The smallest absolute Gasteiger partial charge is 0.252 e. The van der Waals surface area contributed by atoms with Gasteiger partial charge in [0.05, 0.1) is 6.04 Å². The molecule has 12 N–H and O–H groups in total. The summed E-state index contributed by atoms with van der Waals surface area (Å²) in [5, 5.41) is 53.2. The molecule has 0 saturated carbocycles. The molecule has 5 amide bonds. The van der Waals surface area contributed by atoms with Crippen molar-refractivity contribution in [2.45, 2.75) is 199 Å². The molecule has 0 bridgehead atoms. The highest BCUT2D eigenvalue weighted by atomic mass is 16.7. The SMILES string of the molecule is CCCCCCCCCCCCO[C@@H]1O[C@H](C(=O)NCCCC[C@@H](NC(=O)[C@@H](N)Cc2c(C)cc(O)cc2C)C(=O)N[C@@H](Cc2c(C)cc(C)cc2C)C(=O)N[C@@H](Cc2ccccc2)C(N)=O)[C@@H](O)[C@H](O)[C@H]1O. The summed E-state index contributed by atoms with van der Waals surface area (Å²) in [7, 11) is 0. The number of aliphatic hydroxyl groups is 3. The van der Waals surface area contributed by atoms with Crippen LogP contribution in [0.2, 0.25) is 0 Å². The maximum absolute atomic E-state index is 14.5. The highest BCUT2D eigenvalue weighted by molar-refractivity contribution is 5.95. The summed E-state index contributed by atoms with van der Waals surface area (Å²) < 4.78 is 11.4. The number of amides is 5. The highest BCUT2D eigenvalue weighted by Crippen LogP contribution is 2.25. The third-order valence-corrected chi connectivity index (χ3v) is 13.7. The van der Waals surface area contributed by atoms with Crippen molar-refractivity contribution in [1.29, 1.82) is 0 Å². The van der Waals surface area contributed by atoms with Crippen molar-refractivity contribution in [3.05, 3.63) is 99.1 Å². The van der Waals surface area contributed by atoms with Gasteiger partial charge >= 0.3 is 0 Å². The molecule has 1 fully saturated rings. The Labute approximate surface area is 431 Å². The molecule has 1 heterocycles. The van der Waals surface area contributed by atoms with Gasteiger partial charge in [0.15, 0.2) is 12.4 Å². The van der Waals surface area contributed by atoms with Gasteiger partial charge < -0.3 is 62.6 Å². The second kappa shape index (κ2) is 30.7. The lowest BCUT2D eigenvalue weighted by Crippen LogP contribution is -2.62. The van der Waals surface area contributed by atoms with Gasteiger partial charge in [0, 0.05) is 26.0 Å². The Bertz CT molecular complexity index is 2200. The van der Waals surface area contributed by atoms with Gasteiger partial charge in [0.25, 0.3) is 5.91 Å². The fraction of sp³-hybridized carbons (Fsp3) is 0.589. The van der Waals surface area contributed by atoms with E-state index in [9.17, 15) is 44.4 Å². The number of hydrogen-bond acceptors (Lipinski definition) is 12. The molecular formula is C56H84N6O11. The molecule has 1 saturated heterocycles. The first-order valence-corrected chi connectivity index (χ1v) is 26.3. The van der Waals surface area contributed by atoms with E-state index in [1.807, 2.05) is 51.1 Å². The van der Waals surface area contributed by atoms with Crippen LogP contribution in [0.3, 0.4) is 0 Å². The molecule has 3 aromatic carbocycles. The molecule has 17 nitrogen and oxygen atoms in total. The highest BCUT2D eigenvalue weighted by Gasteiger charge is 2.47. The fourth-order valence-electron chi connectivity index (χ4n) is 9.49. The second-order valence-corrected chi connectivity index (χ2v) is 20.0. The zero-order valence-electron chi connectivity index (χ0n) is 43.9. The number of benzene rings is 3. The van der Waals surface area contributed by atoms with Crippen molar-refractivity contribution in [2.24, 2.45) is 11.5 Å². The first kappa shape index (κ1) is 60.1. The van der Waals surface area contributed by atoms with Gasteiger partial charge in [0.2, 0.25) is 23.6 Å². The van der Waals surface area contributed by atoms with E-state index < -0.39 is 84.4 Å². The number of unbranched alkanes of at least 4 members (excludes halogenated alkanes) is 10. The zero-order valence-corrected chi connectivity index (χ0v) is 43.9. The molecule has 0 spiro atoms. The van der Waals surface area contributed by atoms with Crippen LogP contribution in [0.15, 0.2) is 54.6 Å². The van der Waals surface area contributed by atoms with Crippen molar-refractivity contribution in [3.8, 4) is 5.75 Å². The maximum Gasteiger partial charge on any atom is 0.252 e. The summed E-state index contributed by atoms with van der Waals surface area (Å²) in [6, 6.07) is 11.5. The number of nitrogens with two attached hydrogens (primary N) is 2. The molecule has 3 aromatic rings. The largest absolute Gasteiger partial charge is 0.508 e. The molecular weight excluding hydrogens is 933 g/mol. The van der Waals surface area contributed by atoms with Gasteiger partial charge in [-0.3, -0.25) is 24.0 Å². The van der Waals surface area contributed by atoms with E-state index in [2.05, 4.69) is 28.2 Å². The lowest BCUT2D eigenvalue weighted by atomic mass is 9.93. The Morgan fingerprint density at radius 2 is 1.16 bits per heavy atom. The van der Waals surface area contributed by atoms with Gasteiger partial charge in [-0.2, -0.15) is 0 Å². The lowest BCUT2D eigenvalue weighted by molar-refractivity contribution is -0.290. The number of aromatic hydroxyl groups is 1. The van der Waals surface area contributed by atoms with Crippen molar-refractivity contribution < 1.29 is 53.9 Å². The normalized spacial score (nSPS) is 19.3. The minimum absolute atomic E-state index is 0.0363. The Balaban J connectivity index is 1.45. The summed E-state index contributed by atoms with van der Waals surface area (Å²) in [5.41, 5.74) is 18.9. The average molecular weight is 1020 g/mol. The minimum atomic E-state index is -1.73. The number of aliphatic hydroxyl groups excluding tert-OH is 3. The van der Waals surface area contributed by atoms with Crippen LogP contribution < -0.4 is 32.7 Å². The van der Waals surface area contributed by atoms with Crippen LogP contribution in [0, 0.1) is 34.6 Å². The molecule has 1 aliphatic rings. The fourth-order valence-corrected chi connectivity index (χ4v) is 9.49. The average Bonchev–Trinajstić information content (AvgIpc) is 3.34. The molecule has 9 atom stereocenters. The number of ether oxygens (including phenoxy) is 2. The Morgan fingerprint density at radius 3 is 1.77 bits per heavy atom. The first-order valence-electron chi connectivity index (χ1n) is 26.3. The summed E-state index contributed by atoms with van der Waals surface area (Å²) in [4.78, 5) is 68.7. The molecule has 0 aromatic heterocycles. The standard InChI is InChI=1S/C56H84N6O11/c1-7-8-9-10-11-12-13-14-15-21-26-72-56-49(66)47(64)48(65)50(73-56)55(71)59-25-20-19-24-44(60-52(68)43(57)32-41-37(5)29-40(63)30-38(41)6)53(69)62-46(33-42-35(3)27-34(2)28-36(42)4)54(70)61-45(51(58)67)31-39-22-17-16-18-23-39/h16-18,22-23,27-30,43-50,56,63-66H,7-15,19-21,24-26,31-33,57H2,1-6H3,(H2,58,67)(H,59,71)(H,60,68)(H,61,70)(H,62,69)/t43-,44+,45-,46-,47-,48-,49+,50-,56+/m0/s1. The number of phenolic OH excluding ortho intramolecular Hbond substituents is 1. The van der Waals surface area contributed by atoms with Crippen LogP contribution in [0.1, 0.15) is 135 Å². The van der Waals surface area contributed by atoms with Crippen molar-refractivity contribution in [3.63, 3.8) is 0 Å². The van der Waals surface area contributed by atoms with Crippen LogP contribution in [0.5, 0.6) is 5.75 Å². The molecule has 404 valence electrons. The predicted octanol–water partition coefficient (Wildman–Crippen LogP) is 4.26. The van der Waals surface area contributed by atoms with Crippen LogP contribution >= 0.6 is 0 Å². The Hall–Kier alpha value is -5.43. The van der Waals surface area contributed by atoms with Crippen molar-refractivity contribution in [1.82, 2.24) is 21.3 Å².